The minimum absolute atomic E-state index is 0.363. The summed E-state index contributed by atoms with van der Waals surface area (Å²) < 4.78 is 5.92. The highest BCUT2D eigenvalue weighted by atomic mass is 35.5. The third kappa shape index (κ3) is 4.11. The van der Waals surface area contributed by atoms with Gasteiger partial charge < -0.3 is 15.0 Å². The van der Waals surface area contributed by atoms with Gasteiger partial charge in [-0.2, -0.15) is 0 Å². The minimum Gasteiger partial charge on any atom is -0.376 e. The van der Waals surface area contributed by atoms with Gasteiger partial charge in [0, 0.05) is 37.0 Å². The summed E-state index contributed by atoms with van der Waals surface area (Å²) in [7, 11) is 1.97. The Bertz CT molecular complexity index is 425. The monoisotopic (exact) mass is 296 g/mol. The molecule has 0 aromatic heterocycles. The van der Waals surface area contributed by atoms with Gasteiger partial charge in [0.25, 0.3) is 0 Å². The van der Waals surface area contributed by atoms with Crippen LogP contribution in [0, 0.1) is 0 Å². The maximum Gasteiger partial charge on any atom is 0.0750 e. The van der Waals surface area contributed by atoms with Gasteiger partial charge in [0.1, 0.15) is 0 Å². The Labute approximate surface area is 127 Å². The van der Waals surface area contributed by atoms with Gasteiger partial charge >= 0.3 is 0 Å². The number of anilines is 1. The van der Waals surface area contributed by atoms with Crippen LogP contribution in [0.5, 0.6) is 0 Å². The molecule has 4 heteroatoms. The predicted octanol–water partition coefficient (Wildman–Crippen LogP) is 3.45. The highest BCUT2D eigenvalue weighted by Gasteiger charge is 2.22. The standard InChI is InChI=1S/C16H25ClN2O/c1-3-9-20-15-5-4-8-19(12-15)16-7-6-14(17)10-13(16)11-18-2/h6-7,10,15,18H,3-5,8-9,11-12H2,1-2H3. The first-order valence-electron chi connectivity index (χ1n) is 7.54. The van der Waals surface area contributed by atoms with Crippen molar-refractivity contribution >= 4 is 17.3 Å². The Balaban J connectivity index is 2.09. The van der Waals surface area contributed by atoms with Crippen LogP contribution in [0.3, 0.4) is 0 Å². The number of halogens is 1. The first kappa shape index (κ1) is 15.6. The molecule has 112 valence electrons. The van der Waals surface area contributed by atoms with Crippen molar-refractivity contribution in [3.8, 4) is 0 Å². The van der Waals surface area contributed by atoms with Crippen LogP contribution in [0.15, 0.2) is 18.2 Å². The summed E-state index contributed by atoms with van der Waals surface area (Å²) in [6.45, 7) is 5.95. The molecule has 2 rings (SSSR count). The summed E-state index contributed by atoms with van der Waals surface area (Å²) >= 11 is 6.12. The molecule has 1 fully saturated rings. The number of nitrogens with zero attached hydrogens (tertiary/aromatic N) is 1. The third-order valence-corrected chi connectivity index (χ3v) is 3.92. The average Bonchev–Trinajstić information content (AvgIpc) is 2.46. The number of piperidine rings is 1. The van der Waals surface area contributed by atoms with Crippen molar-refractivity contribution in [1.29, 1.82) is 0 Å². The van der Waals surface area contributed by atoms with Crippen molar-refractivity contribution in [2.75, 3.05) is 31.6 Å². The number of hydrogen-bond acceptors (Lipinski definition) is 3. The average molecular weight is 297 g/mol. The molecule has 1 aliphatic rings. The quantitative estimate of drug-likeness (QED) is 0.870. The van der Waals surface area contributed by atoms with Crippen molar-refractivity contribution in [2.45, 2.75) is 38.8 Å². The molecule has 1 aliphatic heterocycles. The summed E-state index contributed by atoms with van der Waals surface area (Å²) in [6.07, 6.45) is 3.81. The van der Waals surface area contributed by atoms with Crippen molar-refractivity contribution in [1.82, 2.24) is 5.32 Å². The van der Waals surface area contributed by atoms with E-state index < -0.39 is 0 Å². The maximum atomic E-state index is 6.12. The zero-order valence-electron chi connectivity index (χ0n) is 12.5. The van der Waals surface area contributed by atoms with Gasteiger partial charge in [0.15, 0.2) is 0 Å². The van der Waals surface area contributed by atoms with Crippen LogP contribution in [0.1, 0.15) is 31.7 Å². The molecule has 1 saturated heterocycles. The topological polar surface area (TPSA) is 24.5 Å². The molecule has 0 saturated carbocycles. The SMILES string of the molecule is CCCOC1CCCN(c2ccc(Cl)cc2CNC)C1. The molecule has 1 aromatic rings. The zero-order valence-corrected chi connectivity index (χ0v) is 13.2. The van der Waals surface area contributed by atoms with Crippen molar-refractivity contribution in [3.63, 3.8) is 0 Å². The number of rotatable bonds is 6. The molecule has 1 heterocycles. The molecule has 0 bridgehead atoms. The lowest BCUT2D eigenvalue weighted by Gasteiger charge is -2.35. The molecule has 1 aromatic carbocycles. The first-order chi connectivity index (χ1) is 9.74. The van der Waals surface area contributed by atoms with E-state index in [4.69, 9.17) is 16.3 Å². The highest BCUT2D eigenvalue weighted by Crippen LogP contribution is 2.27. The number of benzene rings is 1. The fourth-order valence-electron chi connectivity index (χ4n) is 2.77. The van der Waals surface area contributed by atoms with Crippen LogP contribution >= 0.6 is 11.6 Å². The lowest BCUT2D eigenvalue weighted by molar-refractivity contribution is 0.0440. The van der Waals surface area contributed by atoms with Crippen LogP contribution < -0.4 is 10.2 Å². The molecular formula is C16H25ClN2O. The van der Waals surface area contributed by atoms with E-state index in [-0.39, 0.29) is 0 Å². The molecule has 0 amide bonds. The van der Waals surface area contributed by atoms with E-state index >= 15 is 0 Å². The smallest absolute Gasteiger partial charge is 0.0750 e. The molecule has 0 aliphatic carbocycles. The largest absolute Gasteiger partial charge is 0.376 e. The van der Waals surface area contributed by atoms with Gasteiger partial charge in [-0.3, -0.25) is 0 Å². The lowest BCUT2D eigenvalue weighted by atomic mass is 10.0. The van der Waals surface area contributed by atoms with Crippen molar-refractivity contribution in [3.05, 3.63) is 28.8 Å². The van der Waals surface area contributed by atoms with E-state index in [9.17, 15) is 0 Å². The normalized spacial score (nSPS) is 19.4. The molecule has 20 heavy (non-hydrogen) atoms. The zero-order chi connectivity index (χ0) is 14.4. The predicted molar refractivity (Wildman–Crippen MR) is 85.7 cm³/mol. The summed E-state index contributed by atoms with van der Waals surface area (Å²) in [6, 6.07) is 6.17. The summed E-state index contributed by atoms with van der Waals surface area (Å²) in [5.74, 6) is 0. The van der Waals surface area contributed by atoms with E-state index in [2.05, 4.69) is 29.3 Å². The second-order valence-electron chi connectivity index (χ2n) is 5.38. The van der Waals surface area contributed by atoms with E-state index in [0.717, 1.165) is 37.7 Å². The molecule has 1 unspecified atom stereocenters. The second kappa shape index (κ2) is 7.87. The number of hydrogen-bond donors (Lipinski definition) is 1. The Kier molecular flexibility index (Phi) is 6.14. The number of ether oxygens (including phenoxy) is 1. The van der Waals surface area contributed by atoms with E-state index in [0.29, 0.717) is 6.10 Å². The molecule has 3 nitrogen and oxygen atoms in total. The maximum absolute atomic E-state index is 6.12. The van der Waals surface area contributed by atoms with Gasteiger partial charge in [-0.25, -0.2) is 0 Å². The Hall–Kier alpha value is -0.770. The van der Waals surface area contributed by atoms with Gasteiger partial charge in [0.2, 0.25) is 0 Å². The fraction of sp³-hybridized carbons (Fsp3) is 0.625. The second-order valence-corrected chi connectivity index (χ2v) is 5.82. The molecule has 1 N–H and O–H groups in total. The third-order valence-electron chi connectivity index (χ3n) is 3.69. The van der Waals surface area contributed by atoms with Gasteiger partial charge in [-0.1, -0.05) is 18.5 Å². The Morgan fingerprint density at radius 2 is 2.30 bits per heavy atom. The van der Waals surface area contributed by atoms with E-state index in [1.807, 2.05) is 13.1 Å². The fourth-order valence-corrected chi connectivity index (χ4v) is 2.97. The summed E-state index contributed by atoms with van der Waals surface area (Å²) in [5.41, 5.74) is 2.55. The van der Waals surface area contributed by atoms with Gasteiger partial charge in [-0.15, -0.1) is 0 Å². The lowest BCUT2D eigenvalue weighted by Crippen LogP contribution is -2.40. The Morgan fingerprint density at radius 3 is 3.05 bits per heavy atom. The van der Waals surface area contributed by atoms with Gasteiger partial charge in [-0.05, 0) is 50.1 Å². The molecule has 0 radical (unpaired) electrons. The molecule has 1 atom stereocenters. The summed E-state index contributed by atoms with van der Waals surface area (Å²) in [5, 5.41) is 4.02. The van der Waals surface area contributed by atoms with Crippen LogP contribution in [0.4, 0.5) is 5.69 Å². The van der Waals surface area contributed by atoms with Crippen LogP contribution in [0.25, 0.3) is 0 Å². The summed E-state index contributed by atoms with van der Waals surface area (Å²) in [4.78, 5) is 2.44. The van der Waals surface area contributed by atoms with Crippen LogP contribution in [-0.2, 0) is 11.3 Å². The molecular weight excluding hydrogens is 272 g/mol. The van der Waals surface area contributed by atoms with Crippen LogP contribution in [0.2, 0.25) is 5.02 Å². The van der Waals surface area contributed by atoms with E-state index in [1.54, 1.807) is 0 Å². The minimum atomic E-state index is 0.363. The van der Waals surface area contributed by atoms with Gasteiger partial charge in [0.05, 0.1) is 6.10 Å². The highest BCUT2D eigenvalue weighted by molar-refractivity contribution is 6.30. The Morgan fingerprint density at radius 1 is 1.45 bits per heavy atom. The first-order valence-corrected chi connectivity index (χ1v) is 7.92. The van der Waals surface area contributed by atoms with Crippen molar-refractivity contribution < 1.29 is 4.74 Å². The van der Waals surface area contributed by atoms with Crippen molar-refractivity contribution in [2.24, 2.45) is 0 Å². The molecule has 0 spiro atoms. The van der Waals surface area contributed by atoms with Crippen LogP contribution in [-0.4, -0.2) is 32.8 Å². The van der Waals surface area contributed by atoms with E-state index in [1.165, 1.54) is 24.1 Å². The number of nitrogens with one attached hydrogen (secondary N) is 1.